The van der Waals surface area contributed by atoms with Crippen molar-refractivity contribution in [1.29, 1.82) is 0 Å². The second kappa shape index (κ2) is 8.76. The van der Waals surface area contributed by atoms with Gasteiger partial charge in [-0.2, -0.15) is 70.2 Å². The molecule has 1 N–H and O–H groups in total. The molecule has 210 valence electrons. The Labute approximate surface area is 188 Å². The molecule has 1 unspecified atom stereocenters. The zero-order valence-corrected chi connectivity index (χ0v) is 17.1. The molecule has 0 aliphatic rings. The number of benzene rings is 1. The first kappa shape index (κ1) is 32.0. The Morgan fingerprint density at radius 3 is 1.33 bits per heavy atom. The van der Waals surface area contributed by atoms with Crippen LogP contribution in [0.1, 0.15) is 5.56 Å². The van der Waals surface area contributed by atoms with Crippen LogP contribution in [0.4, 0.5) is 74.6 Å². The Hall–Kier alpha value is -2.06. The third-order valence-electron chi connectivity index (χ3n) is 4.41. The van der Waals surface area contributed by atoms with Crippen LogP contribution in [-0.2, 0) is 16.6 Å². The Morgan fingerprint density at radius 1 is 0.556 bits per heavy atom. The van der Waals surface area contributed by atoms with Crippen molar-refractivity contribution in [2.45, 2.75) is 53.5 Å². The first-order valence-corrected chi connectivity index (χ1v) is 9.81. The quantitative estimate of drug-likeness (QED) is 0.356. The molecule has 0 amide bonds. The van der Waals surface area contributed by atoms with Crippen LogP contribution in [0.15, 0.2) is 30.3 Å². The molecule has 1 aromatic rings. The van der Waals surface area contributed by atoms with Crippen molar-refractivity contribution >= 4 is 10.0 Å². The van der Waals surface area contributed by atoms with E-state index in [0.717, 1.165) is 24.3 Å². The molecule has 0 heterocycles. The van der Waals surface area contributed by atoms with E-state index in [-0.39, 0.29) is 5.56 Å². The summed E-state index contributed by atoms with van der Waals surface area (Å²) in [5, 5.41) is -7.65. The lowest BCUT2D eigenvalue weighted by Crippen LogP contribution is -2.78. The Balaban J connectivity index is 3.73. The molecule has 1 aromatic carbocycles. The van der Waals surface area contributed by atoms with Crippen molar-refractivity contribution in [3.63, 3.8) is 0 Å². The standard InChI is InChI=1S/C15H8F17NO2S/c16-8(13(25,26)27,10(19,20)14(28,29)30)9(17,18)11(21,22)12(23,24)15(31,32)36(34,35)33-6-7-4-2-1-3-5-7/h1-5,33H,6H2. The molecule has 0 spiro atoms. The molecular weight excluding hydrogens is 581 g/mol. The normalized spacial score (nSPS) is 17.1. The van der Waals surface area contributed by atoms with Gasteiger partial charge in [0.25, 0.3) is 10.0 Å². The molecule has 21 heteroatoms. The van der Waals surface area contributed by atoms with Crippen molar-refractivity contribution in [3.05, 3.63) is 35.9 Å². The number of hydrogen-bond donors (Lipinski definition) is 1. The number of nitrogens with one attached hydrogen (secondary N) is 1. The molecule has 0 bridgehead atoms. The van der Waals surface area contributed by atoms with E-state index >= 15 is 0 Å². The predicted molar refractivity (Wildman–Crippen MR) is 82.9 cm³/mol. The van der Waals surface area contributed by atoms with E-state index in [2.05, 4.69) is 0 Å². The average Bonchev–Trinajstić information content (AvgIpc) is 2.69. The highest BCUT2D eigenvalue weighted by Crippen LogP contribution is 2.66. The van der Waals surface area contributed by atoms with Gasteiger partial charge in [-0.1, -0.05) is 30.3 Å². The summed E-state index contributed by atoms with van der Waals surface area (Å²) in [5.41, 5.74) is -9.39. The van der Waals surface area contributed by atoms with E-state index in [1.54, 1.807) is 0 Å². The molecule has 0 saturated heterocycles. The lowest BCUT2D eigenvalue weighted by atomic mass is 9.83. The molecular formula is C15H8F17NO2S. The minimum Gasteiger partial charge on any atom is -0.219 e. The molecule has 1 atom stereocenters. The summed E-state index contributed by atoms with van der Waals surface area (Å²) in [6.45, 7) is -1.47. The lowest BCUT2D eigenvalue weighted by Gasteiger charge is -2.45. The SMILES string of the molecule is O=S(=O)(NCc1ccccc1)C(F)(F)C(F)(F)C(F)(F)C(F)(F)C(F)(C(F)(F)F)C(F)(F)C(F)(F)F. The maximum absolute atomic E-state index is 13.9. The predicted octanol–water partition coefficient (Wildman–Crippen LogP) is 6.07. The molecule has 0 aliphatic heterocycles. The zero-order chi connectivity index (χ0) is 29.0. The van der Waals surface area contributed by atoms with Gasteiger partial charge in [-0.3, -0.25) is 0 Å². The lowest BCUT2D eigenvalue weighted by molar-refractivity contribution is -0.464. The third-order valence-corrected chi connectivity index (χ3v) is 5.87. The van der Waals surface area contributed by atoms with Crippen LogP contribution in [0, 0.1) is 0 Å². The second-order valence-electron chi connectivity index (χ2n) is 6.78. The van der Waals surface area contributed by atoms with Crippen LogP contribution in [0.5, 0.6) is 0 Å². The molecule has 36 heavy (non-hydrogen) atoms. The Kier molecular flexibility index (Phi) is 7.78. The fraction of sp³-hybridized carbons (Fsp3) is 0.600. The molecule has 0 radical (unpaired) electrons. The number of rotatable bonds is 9. The Morgan fingerprint density at radius 2 is 0.972 bits per heavy atom. The van der Waals surface area contributed by atoms with Gasteiger partial charge >= 0.3 is 47.0 Å². The molecule has 0 saturated carbocycles. The summed E-state index contributed by atoms with van der Waals surface area (Å²) in [6, 6.07) is 5.15. The number of alkyl halides is 17. The summed E-state index contributed by atoms with van der Waals surface area (Å²) < 4.78 is 249. The summed E-state index contributed by atoms with van der Waals surface area (Å²) in [5.74, 6) is -35.0. The van der Waals surface area contributed by atoms with Crippen LogP contribution < -0.4 is 4.72 Å². The van der Waals surface area contributed by atoms with E-state index in [9.17, 15) is 83.1 Å². The van der Waals surface area contributed by atoms with Gasteiger partial charge in [-0.25, -0.2) is 17.5 Å². The summed E-state index contributed by atoms with van der Waals surface area (Å²) in [7, 11) is -7.36. The van der Waals surface area contributed by atoms with Gasteiger partial charge in [0.2, 0.25) is 0 Å². The first-order valence-electron chi connectivity index (χ1n) is 8.32. The Bertz CT molecular complexity index is 1030. The average molecular weight is 589 g/mol. The largest absolute Gasteiger partial charge is 0.457 e. The molecule has 0 aliphatic carbocycles. The number of sulfonamides is 1. The highest BCUT2D eigenvalue weighted by molar-refractivity contribution is 7.90. The molecule has 0 aromatic heterocycles. The van der Waals surface area contributed by atoms with Crippen molar-refractivity contribution in [2.75, 3.05) is 0 Å². The van der Waals surface area contributed by atoms with Gasteiger partial charge in [0, 0.05) is 6.54 Å². The van der Waals surface area contributed by atoms with E-state index in [4.69, 9.17) is 0 Å². The van der Waals surface area contributed by atoms with E-state index in [0.29, 0.717) is 4.72 Å². The van der Waals surface area contributed by atoms with Crippen molar-refractivity contribution in [2.24, 2.45) is 0 Å². The van der Waals surface area contributed by atoms with Crippen LogP contribution in [0.25, 0.3) is 0 Å². The van der Waals surface area contributed by atoms with E-state index in [1.165, 1.54) is 6.07 Å². The minimum atomic E-state index is -9.07. The van der Waals surface area contributed by atoms with Crippen molar-refractivity contribution < 1.29 is 83.1 Å². The van der Waals surface area contributed by atoms with E-state index in [1.807, 2.05) is 0 Å². The second-order valence-corrected chi connectivity index (χ2v) is 8.59. The topological polar surface area (TPSA) is 46.2 Å². The van der Waals surface area contributed by atoms with Crippen molar-refractivity contribution in [3.8, 4) is 0 Å². The zero-order valence-electron chi connectivity index (χ0n) is 16.2. The van der Waals surface area contributed by atoms with Gasteiger partial charge in [-0.05, 0) is 5.56 Å². The minimum absolute atomic E-state index is 0.387. The fourth-order valence-electron chi connectivity index (χ4n) is 2.38. The van der Waals surface area contributed by atoms with Crippen LogP contribution in [-0.4, -0.2) is 55.4 Å². The van der Waals surface area contributed by atoms with Gasteiger partial charge in [-0.15, -0.1) is 0 Å². The number of hydrogen-bond acceptors (Lipinski definition) is 2. The van der Waals surface area contributed by atoms with Crippen molar-refractivity contribution in [1.82, 2.24) is 4.72 Å². The van der Waals surface area contributed by atoms with Gasteiger partial charge in [0.15, 0.2) is 0 Å². The molecule has 1 rings (SSSR count). The van der Waals surface area contributed by atoms with Crippen LogP contribution >= 0.6 is 0 Å². The fourth-order valence-corrected chi connectivity index (χ4v) is 3.38. The van der Waals surface area contributed by atoms with Gasteiger partial charge in [0.05, 0.1) is 0 Å². The van der Waals surface area contributed by atoms with E-state index < -0.39 is 63.5 Å². The van der Waals surface area contributed by atoms with Gasteiger partial charge < -0.3 is 0 Å². The van der Waals surface area contributed by atoms with Crippen LogP contribution in [0.2, 0.25) is 0 Å². The molecule has 3 nitrogen and oxygen atoms in total. The third kappa shape index (κ3) is 4.34. The first-order chi connectivity index (χ1) is 15.6. The monoisotopic (exact) mass is 589 g/mol. The smallest absolute Gasteiger partial charge is 0.219 e. The maximum Gasteiger partial charge on any atom is 0.457 e. The van der Waals surface area contributed by atoms with Crippen LogP contribution in [0.3, 0.4) is 0 Å². The summed E-state index contributed by atoms with van der Waals surface area (Å²) in [6.07, 6.45) is -16.6. The number of halogens is 17. The molecule has 0 fully saturated rings. The highest BCUT2D eigenvalue weighted by Gasteiger charge is 2.98. The summed E-state index contributed by atoms with van der Waals surface area (Å²) >= 11 is 0. The van der Waals surface area contributed by atoms with Gasteiger partial charge in [0.1, 0.15) is 0 Å². The summed E-state index contributed by atoms with van der Waals surface area (Å²) in [4.78, 5) is 0. The highest BCUT2D eigenvalue weighted by atomic mass is 32.2. The maximum atomic E-state index is 13.9.